The molecule has 0 amide bonds. The Morgan fingerprint density at radius 3 is 2.67 bits per heavy atom. The second-order valence-electron chi connectivity index (χ2n) is 6.04. The molecule has 1 aliphatic carbocycles. The average Bonchev–Trinajstić information content (AvgIpc) is 2.82. The van der Waals surface area contributed by atoms with E-state index < -0.39 is 0 Å². The van der Waals surface area contributed by atoms with E-state index in [1.54, 1.807) is 12.1 Å². The van der Waals surface area contributed by atoms with Crippen molar-refractivity contribution in [3.05, 3.63) is 70.0 Å². The van der Waals surface area contributed by atoms with Crippen LogP contribution >= 0.6 is 11.6 Å². The van der Waals surface area contributed by atoms with Gasteiger partial charge in [0.1, 0.15) is 5.82 Å². The Labute approximate surface area is 129 Å². The second-order valence-corrected chi connectivity index (χ2v) is 6.48. The van der Waals surface area contributed by atoms with Crippen LogP contribution in [0.2, 0.25) is 5.02 Å². The predicted molar refractivity (Wildman–Crippen MR) is 83.2 cm³/mol. The molecular weight excluding hydrogens is 285 g/mol. The molecule has 108 valence electrons. The molecule has 1 aliphatic heterocycles. The maximum Gasteiger partial charge on any atom is 0.123 e. The van der Waals surface area contributed by atoms with Crippen molar-refractivity contribution in [3.8, 4) is 0 Å². The van der Waals surface area contributed by atoms with E-state index in [-0.39, 0.29) is 5.82 Å². The summed E-state index contributed by atoms with van der Waals surface area (Å²) < 4.78 is 13.2. The lowest BCUT2D eigenvalue weighted by molar-refractivity contribution is 0.287. The molecule has 2 aromatic carbocycles. The van der Waals surface area contributed by atoms with Crippen LogP contribution in [-0.4, -0.2) is 6.54 Å². The summed E-state index contributed by atoms with van der Waals surface area (Å²) in [6, 6.07) is 13.6. The van der Waals surface area contributed by atoms with Gasteiger partial charge in [-0.2, -0.15) is 0 Å². The zero-order chi connectivity index (χ0) is 14.4. The molecule has 1 nitrogen and oxygen atoms in total. The Bertz CT molecular complexity index is 667. The average molecular weight is 302 g/mol. The smallest absolute Gasteiger partial charge is 0.123 e. The predicted octanol–water partition coefficient (Wildman–Crippen LogP) is 4.67. The molecule has 2 aliphatic rings. The number of fused-ring (bicyclic) bond motifs is 3. The molecule has 4 rings (SSSR count). The number of nitrogens with one attached hydrogen (secondary N) is 1. The monoisotopic (exact) mass is 301 g/mol. The highest BCUT2D eigenvalue weighted by atomic mass is 35.5. The van der Waals surface area contributed by atoms with Crippen LogP contribution in [-0.2, 0) is 0 Å². The zero-order valence-electron chi connectivity index (χ0n) is 11.7. The van der Waals surface area contributed by atoms with Gasteiger partial charge in [-0.05, 0) is 66.3 Å². The Morgan fingerprint density at radius 1 is 1.05 bits per heavy atom. The van der Waals surface area contributed by atoms with Crippen LogP contribution < -0.4 is 5.32 Å². The fourth-order valence-corrected chi connectivity index (χ4v) is 4.22. The summed E-state index contributed by atoms with van der Waals surface area (Å²) in [6.07, 6.45) is 2.40. The first-order valence-electron chi connectivity index (χ1n) is 7.52. The second kappa shape index (κ2) is 5.11. The molecule has 0 saturated carbocycles. The van der Waals surface area contributed by atoms with Gasteiger partial charge < -0.3 is 5.32 Å². The summed E-state index contributed by atoms with van der Waals surface area (Å²) >= 11 is 6.19. The topological polar surface area (TPSA) is 12.0 Å². The van der Waals surface area contributed by atoms with Crippen LogP contribution in [0.4, 0.5) is 4.39 Å². The van der Waals surface area contributed by atoms with Gasteiger partial charge in [0.05, 0.1) is 0 Å². The minimum Gasteiger partial charge on any atom is -0.310 e. The van der Waals surface area contributed by atoms with Crippen LogP contribution in [0.3, 0.4) is 0 Å². The third-order valence-corrected chi connectivity index (χ3v) is 5.12. The highest BCUT2D eigenvalue weighted by Crippen LogP contribution is 2.52. The molecule has 2 aromatic rings. The molecule has 0 spiro atoms. The van der Waals surface area contributed by atoms with Crippen molar-refractivity contribution in [2.45, 2.75) is 24.8 Å². The van der Waals surface area contributed by atoms with Crippen LogP contribution in [0.1, 0.15) is 41.5 Å². The van der Waals surface area contributed by atoms with E-state index in [9.17, 15) is 4.39 Å². The zero-order valence-corrected chi connectivity index (χ0v) is 12.4. The van der Waals surface area contributed by atoms with Gasteiger partial charge in [-0.1, -0.05) is 29.8 Å². The quantitative estimate of drug-likeness (QED) is 0.807. The minimum absolute atomic E-state index is 0.175. The molecule has 1 fully saturated rings. The number of benzene rings is 2. The summed E-state index contributed by atoms with van der Waals surface area (Å²) in [5.41, 5.74) is 3.87. The van der Waals surface area contributed by atoms with E-state index >= 15 is 0 Å². The van der Waals surface area contributed by atoms with Crippen LogP contribution in [0.25, 0.3) is 0 Å². The minimum atomic E-state index is -0.175. The maximum absolute atomic E-state index is 13.2. The van der Waals surface area contributed by atoms with Crippen molar-refractivity contribution < 1.29 is 4.39 Å². The molecule has 3 unspecified atom stereocenters. The van der Waals surface area contributed by atoms with E-state index in [4.69, 9.17) is 11.6 Å². The first-order chi connectivity index (χ1) is 10.2. The van der Waals surface area contributed by atoms with E-state index in [1.807, 2.05) is 18.2 Å². The van der Waals surface area contributed by atoms with Crippen molar-refractivity contribution in [1.82, 2.24) is 5.32 Å². The van der Waals surface area contributed by atoms with Gasteiger partial charge in [-0.15, -0.1) is 0 Å². The van der Waals surface area contributed by atoms with Gasteiger partial charge in [0, 0.05) is 17.0 Å². The summed E-state index contributed by atoms with van der Waals surface area (Å²) in [5, 5.41) is 4.43. The van der Waals surface area contributed by atoms with E-state index in [2.05, 4.69) is 17.4 Å². The van der Waals surface area contributed by atoms with Gasteiger partial charge in [-0.25, -0.2) is 4.39 Å². The fourth-order valence-electron chi connectivity index (χ4n) is 4.04. The summed E-state index contributed by atoms with van der Waals surface area (Å²) in [5.74, 6) is 0.708. The normalized spacial score (nSPS) is 27.2. The molecule has 1 N–H and O–H groups in total. The Morgan fingerprint density at radius 2 is 1.86 bits per heavy atom. The number of halogens is 2. The van der Waals surface area contributed by atoms with Crippen molar-refractivity contribution >= 4 is 11.6 Å². The molecule has 21 heavy (non-hydrogen) atoms. The van der Waals surface area contributed by atoms with Crippen molar-refractivity contribution in [2.24, 2.45) is 5.92 Å². The number of rotatable bonds is 1. The molecule has 0 aromatic heterocycles. The van der Waals surface area contributed by atoms with Crippen molar-refractivity contribution in [1.29, 1.82) is 0 Å². The lowest BCUT2D eigenvalue weighted by Gasteiger charge is -2.31. The third-order valence-electron chi connectivity index (χ3n) is 4.88. The van der Waals surface area contributed by atoms with Gasteiger partial charge in [0.15, 0.2) is 0 Å². The highest BCUT2D eigenvalue weighted by Gasteiger charge is 2.42. The summed E-state index contributed by atoms with van der Waals surface area (Å²) in [4.78, 5) is 0. The first-order valence-corrected chi connectivity index (χ1v) is 7.90. The highest BCUT2D eigenvalue weighted by molar-refractivity contribution is 6.30. The molecule has 3 heteroatoms. The van der Waals surface area contributed by atoms with Crippen LogP contribution in [0.5, 0.6) is 0 Å². The van der Waals surface area contributed by atoms with E-state index in [1.165, 1.54) is 29.5 Å². The standard InChI is InChI=1S/C18H17ClFN/c19-12-5-8-14-16(10-12)18-15(2-1-9-21-18)17(14)11-3-6-13(20)7-4-11/h3-8,10,15,17-18,21H,1-2,9H2. The Balaban J connectivity index is 1.84. The third kappa shape index (κ3) is 2.18. The summed E-state index contributed by atoms with van der Waals surface area (Å²) in [7, 11) is 0. The molecular formula is C18H17ClFN. The van der Waals surface area contributed by atoms with Gasteiger partial charge >= 0.3 is 0 Å². The molecule has 1 saturated heterocycles. The fraction of sp³-hybridized carbons (Fsp3) is 0.333. The molecule has 0 radical (unpaired) electrons. The Hall–Kier alpha value is -1.38. The van der Waals surface area contributed by atoms with E-state index in [0.29, 0.717) is 17.9 Å². The van der Waals surface area contributed by atoms with Crippen LogP contribution in [0.15, 0.2) is 42.5 Å². The number of hydrogen-bond donors (Lipinski definition) is 1. The van der Waals surface area contributed by atoms with Gasteiger partial charge in [0.2, 0.25) is 0 Å². The van der Waals surface area contributed by atoms with E-state index in [0.717, 1.165) is 11.6 Å². The van der Waals surface area contributed by atoms with Crippen LogP contribution in [0, 0.1) is 11.7 Å². The Kier molecular flexibility index (Phi) is 3.24. The molecule has 3 atom stereocenters. The summed E-state index contributed by atoms with van der Waals surface area (Å²) in [6.45, 7) is 1.06. The number of piperidine rings is 1. The molecule has 1 heterocycles. The van der Waals surface area contributed by atoms with Gasteiger partial charge in [0.25, 0.3) is 0 Å². The number of hydrogen-bond acceptors (Lipinski definition) is 1. The largest absolute Gasteiger partial charge is 0.310 e. The molecule has 0 bridgehead atoms. The van der Waals surface area contributed by atoms with Gasteiger partial charge in [-0.3, -0.25) is 0 Å². The lowest BCUT2D eigenvalue weighted by atomic mass is 9.80. The van der Waals surface area contributed by atoms with Crippen molar-refractivity contribution in [2.75, 3.05) is 6.54 Å². The maximum atomic E-state index is 13.2. The SMILES string of the molecule is Fc1ccc(C2c3ccc(Cl)cc3C3NCCCC32)cc1. The lowest BCUT2D eigenvalue weighted by Crippen LogP contribution is -2.32. The van der Waals surface area contributed by atoms with Crippen molar-refractivity contribution in [3.63, 3.8) is 0 Å². The first kappa shape index (κ1) is 13.3.